The summed E-state index contributed by atoms with van der Waals surface area (Å²) in [7, 11) is -0.417. The molecule has 0 spiro atoms. The van der Waals surface area contributed by atoms with E-state index in [4.69, 9.17) is 9.31 Å². The molecule has 0 bridgehead atoms. The molecule has 0 aliphatic carbocycles. The Kier molecular flexibility index (Phi) is 4.32. The summed E-state index contributed by atoms with van der Waals surface area (Å²) in [6.45, 7) is 8.12. The Morgan fingerprint density at radius 3 is 2.38 bits per heavy atom. The first kappa shape index (κ1) is 16.9. The van der Waals surface area contributed by atoms with Crippen LogP contribution in [0.3, 0.4) is 0 Å². The van der Waals surface area contributed by atoms with Crippen molar-refractivity contribution in [1.82, 2.24) is 4.98 Å². The summed E-state index contributed by atoms with van der Waals surface area (Å²) < 4.78 is 12.2. The van der Waals surface area contributed by atoms with E-state index in [0.29, 0.717) is 12.1 Å². The maximum absolute atomic E-state index is 12.3. The number of aromatic nitrogens is 1. The monoisotopic (exact) mass is 323 g/mol. The summed E-state index contributed by atoms with van der Waals surface area (Å²) in [5, 5.41) is 0. The molecule has 4 nitrogen and oxygen atoms in total. The molecule has 24 heavy (non-hydrogen) atoms. The van der Waals surface area contributed by atoms with Crippen LogP contribution in [0.15, 0.2) is 48.7 Å². The second-order valence-corrected chi connectivity index (χ2v) is 7.15. The Balaban J connectivity index is 1.77. The molecule has 0 unspecified atom stereocenters. The maximum Gasteiger partial charge on any atom is 0.494 e. The molecule has 5 heteroatoms. The van der Waals surface area contributed by atoms with Gasteiger partial charge in [-0.25, -0.2) is 0 Å². The Hall–Kier alpha value is -1.98. The number of Topliss-reactive ketones (excluding diaryl/α,β-unsaturated/α-hetero) is 1. The topological polar surface area (TPSA) is 48.4 Å². The predicted octanol–water partition coefficient (Wildman–Crippen LogP) is 2.81. The van der Waals surface area contributed by atoms with Crippen molar-refractivity contribution in [3.8, 4) is 0 Å². The van der Waals surface area contributed by atoms with Crippen LogP contribution in [0, 0.1) is 0 Å². The van der Waals surface area contributed by atoms with E-state index < -0.39 is 7.12 Å². The number of rotatable bonds is 4. The lowest BCUT2D eigenvalue weighted by Gasteiger charge is -2.32. The molecule has 0 saturated carbocycles. The van der Waals surface area contributed by atoms with Gasteiger partial charge in [0.05, 0.1) is 11.2 Å². The minimum absolute atomic E-state index is 0.00154. The molecule has 1 aliphatic rings. The molecule has 1 aliphatic heterocycles. The second kappa shape index (κ2) is 6.15. The third kappa shape index (κ3) is 3.28. The Morgan fingerprint density at radius 2 is 1.75 bits per heavy atom. The van der Waals surface area contributed by atoms with Gasteiger partial charge in [-0.2, -0.15) is 0 Å². The van der Waals surface area contributed by atoms with E-state index in [2.05, 4.69) is 4.98 Å². The summed E-state index contributed by atoms with van der Waals surface area (Å²) in [6.07, 6.45) is 1.94. The highest BCUT2D eigenvalue weighted by Gasteiger charge is 2.51. The lowest BCUT2D eigenvalue weighted by atomic mass is 9.78. The van der Waals surface area contributed by atoms with Crippen molar-refractivity contribution in [2.24, 2.45) is 0 Å². The Labute approximate surface area is 143 Å². The SMILES string of the molecule is CC1(C)OB(c2cccc(CC(=O)c3ccccn3)c2)OC1(C)C. The third-order valence-electron chi connectivity index (χ3n) is 4.79. The minimum atomic E-state index is -0.417. The molecule has 0 amide bonds. The number of ketones is 1. The first-order valence-electron chi connectivity index (χ1n) is 8.17. The fourth-order valence-corrected chi connectivity index (χ4v) is 2.63. The number of benzene rings is 1. The summed E-state index contributed by atoms with van der Waals surface area (Å²) in [5.41, 5.74) is 1.59. The zero-order valence-corrected chi connectivity index (χ0v) is 14.6. The van der Waals surface area contributed by atoms with Gasteiger partial charge in [-0.05, 0) is 50.9 Å². The van der Waals surface area contributed by atoms with E-state index in [0.717, 1.165) is 11.0 Å². The summed E-state index contributed by atoms with van der Waals surface area (Å²) in [6, 6.07) is 13.2. The molecule has 1 fully saturated rings. The molecule has 0 N–H and O–H groups in total. The van der Waals surface area contributed by atoms with E-state index in [-0.39, 0.29) is 17.0 Å². The van der Waals surface area contributed by atoms with Gasteiger partial charge in [0.25, 0.3) is 0 Å². The van der Waals surface area contributed by atoms with E-state index in [1.54, 1.807) is 18.3 Å². The van der Waals surface area contributed by atoms with E-state index >= 15 is 0 Å². The fraction of sp³-hybridized carbons (Fsp3) is 0.368. The molecule has 124 valence electrons. The van der Waals surface area contributed by atoms with Crippen molar-refractivity contribution in [2.75, 3.05) is 0 Å². The first-order valence-corrected chi connectivity index (χ1v) is 8.17. The normalized spacial score (nSPS) is 18.6. The number of hydrogen-bond acceptors (Lipinski definition) is 4. The zero-order valence-electron chi connectivity index (χ0n) is 14.6. The molecule has 2 aromatic rings. The van der Waals surface area contributed by atoms with Crippen molar-refractivity contribution in [2.45, 2.75) is 45.3 Å². The highest BCUT2D eigenvalue weighted by molar-refractivity contribution is 6.62. The van der Waals surface area contributed by atoms with Crippen LogP contribution in [0.1, 0.15) is 43.7 Å². The van der Waals surface area contributed by atoms with E-state index in [9.17, 15) is 4.79 Å². The van der Waals surface area contributed by atoms with Crippen LogP contribution >= 0.6 is 0 Å². The van der Waals surface area contributed by atoms with Gasteiger partial charge in [-0.1, -0.05) is 30.3 Å². The molecule has 1 aromatic carbocycles. The quantitative estimate of drug-likeness (QED) is 0.641. The summed E-state index contributed by atoms with van der Waals surface area (Å²) >= 11 is 0. The molecule has 0 atom stereocenters. The van der Waals surface area contributed by atoms with Gasteiger partial charge in [-0.3, -0.25) is 9.78 Å². The second-order valence-electron chi connectivity index (χ2n) is 7.15. The molecule has 2 heterocycles. The smallest absolute Gasteiger partial charge is 0.399 e. The standard InChI is InChI=1S/C19H22BNO3/c1-18(2)19(3,4)24-20(23-18)15-9-7-8-14(12-15)13-17(22)16-10-5-6-11-21-16/h5-12H,13H2,1-4H3. The molecule has 0 radical (unpaired) electrons. The van der Waals surface area contributed by atoms with Gasteiger partial charge >= 0.3 is 7.12 Å². The van der Waals surface area contributed by atoms with Crippen molar-refractivity contribution in [1.29, 1.82) is 0 Å². The zero-order chi connectivity index (χ0) is 17.4. The summed E-state index contributed by atoms with van der Waals surface area (Å²) in [5.74, 6) is 0.00154. The highest BCUT2D eigenvalue weighted by atomic mass is 16.7. The van der Waals surface area contributed by atoms with Crippen molar-refractivity contribution >= 4 is 18.4 Å². The van der Waals surface area contributed by atoms with Gasteiger partial charge in [0.1, 0.15) is 5.69 Å². The van der Waals surface area contributed by atoms with Gasteiger partial charge in [0.2, 0.25) is 0 Å². The number of nitrogens with zero attached hydrogens (tertiary/aromatic N) is 1. The van der Waals surface area contributed by atoms with Crippen molar-refractivity contribution < 1.29 is 14.1 Å². The van der Waals surface area contributed by atoms with Gasteiger partial charge < -0.3 is 9.31 Å². The Morgan fingerprint density at radius 1 is 1.04 bits per heavy atom. The number of hydrogen-bond donors (Lipinski definition) is 0. The third-order valence-corrected chi connectivity index (χ3v) is 4.79. The van der Waals surface area contributed by atoms with E-state index in [1.807, 2.05) is 58.0 Å². The average molecular weight is 323 g/mol. The summed E-state index contributed by atoms with van der Waals surface area (Å²) in [4.78, 5) is 16.4. The molecular weight excluding hydrogens is 301 g/mol. The highest BCUT2D eigenvalue weighted by Crippen LogP contribution is 2.36. The van der Waals surface area contributed by atoms with Crippen LogP contribution in [0.5, 0.6) is 0 Å². The molecule has 1 saturated heterocycles. The molecule has 1 aromatic heterocycles. The molecule has 3 rings (SSSR count). The van der Waals surface area contributed by atoms with E-state index in [1.165, 1.54) is 0 Å². The molecular formula is C19H22BNO3. The predicted molar refractivity (Wildman–Crippen MR) is 94.4 cm³/mol. The number of carbonyl (C=O) groups is 1. The lowest BCUT2D eigenvalue weighted by molar-refractivity contribution is 0.00578. The van der Waals surface area contributed by atoms with Crippen LogP contribution in [0.2, 0.25) is 0 Å². The van der Waals surface area contributed by atoms with Gasteiger partial charge in [0.15, 0.2) is 5.78 Å². The Bertz CT molecular complexity index is 727. The minimum Gasteiger partial charge on any atom is -0.399 e. The van der Waals surface area contributed by atoms with Crippen LogP contribution in [0.4, 0.5) is 0 Å². The van der Waals surface area contributed by atoms with Crippen LogP contribution in [0.25, 0.3) is 0 Å². The lowest BCUT2D eigenvalue weighted by Crippen LogP contribution is -2.41. The van der Waals surface area contributed by atoms with Crippen LogP contribution in [-0.4, -0.2) is 29.1 Å². The van der Waals surface area contributed by atoms with Gasteiger partial charge in [0, 0.05) is 12.6 Å². The van der Waals surface area contributed by atoms with Crippen LogP contribution < -0.4 is 5.46 Å². The largest absolute Gasteiger partial charge is 0.494 e. The number of carbonyl (C=O) groups excluding carboxylic acids is 1. The van der Waals surface area contributed by atoms with Crippen LogP contribution in [-0.2, 0) is 15.7 Å². The van der Waals surface area contributed by atoms with Crippen molar-refractivity contribution in [3.63, 3.8) is 0 Å². The number of pyridine rings is 1. The first-order chi connectivity index (χ1) is 11.3. The van der Waals surface area contributed by atoms with Crippen molar-refractivity contribution in [3.05, 3.63) is 59.9 Å². The maximum atomic E-state index is 12.3. The fourth-order valence-electron chi connectivity index (χ4n) is 2.63. The average Bonchev–Trinajstić information content (AvgIpc) is 2.76. The van der Waals surface area contributed by atoms with Gasteiger partial charge in [-0.15, -0.1) is 0 Å².